The second-order valence-electron chi connectivity index (χ2n) is 8.72. The second kappa shape index (κ2) is 7.02. The Morgan fingerprint density at radius 2 is 1.58 bits per heavy atom. The molecule has 26 heavy (non-hydrogen) atoms. The Hall–Kier alpha value is -0.721. The van der Waals surface area contributed by atoms with E-state index in [0.29, 0.717) is 25.2 Å². The molecule has 4 bridgehead atoms. The molecule has 0 saturated heterocycles. The zero-order valence-electron chi connectivity index (χ0n) is 15.1. The van der Waals surface area contributed by atoms with Gasteiger partial charge in [0.25, 0.3) is 0 Å². The van der Waals surface area contributed by atoms with Crippen molar-refractivity contribution in [1.82, 2.24) is 0 Å². The Balaban J connectivity index is 1.48. The summed E-state index contributed by atoms with van der Waals surface area (Å²) in [5.41, 5.74) is 3.18. The molecule has 0 spiro atoms. The fourth-order valence-electron chi connectivity index (χ4n) is 6.29. The minimum atomic E-state index is 0.398. The van der Waals surface area contributed by atoms with Gasteiger partial charge in [-0.05, 0) is 0 Å². The van der Waals surface area contributed by atoms with E-state index in [4.69, 9.17) is 4.74 Å². The third-order valence-electron chi connectivity index (χ3n) is 6.91. The molecule has 4 aliphatic rings. The van der Waals surface area contributed by atoms with Crippen LogP contribution in [0.5, 0.6) is 5.75 Å². The van der Waals surface area contributed by atoms with E-state index in [1.807, 2.05) is 0 Å². The molecule has 2 aromatic rings. The maximum absolute atomic E-state index is 6.46. The van der Waals surface area contributed by atoms with E-state index in [9.17, 15) is 0 Å². The van der Waals surface area contributed by atoms with E-state index in [1.165, 1.54) is 59.9 Å². The van der Waals surface area contributed by atoms with Crippen molar-refractivity contribution in [2.75, 3.05) is 0 Å². The Morgan fingerprint density at radius 1 is 0.923 bits per heavy atom. The average Bonchev–Trinajstić information content (AvgIpc) is 2.66. The van der Waals surface area contributed by atoms with E-state index >= 15 is 0 Å². The summed E-state index contributed by atoms with van der Waals surface area (Å²) in [7, 11) is 0. The van der Waals surface area contributed by atoms with Crippen LogP contribution >= 0.6 is 0 Å². The standard InChI is InChI=1S/C23H26OSe2/c25-26-20-6-7-21(22(11-20)24-15-16-4-2-1-3-5-16)23-12-17-8-18(13-23)10-19(9-17)14-23/h1-7,11,17-19,25H,8-10,12-15H2. The first-order valence-electron chi connectivity index (χ1n) is 9.87. The van der Waals surface area contributed by atoms with Gasteiger partial charge in [-0.25, -0.2) is 0 Å². The Labute approximate surface area is 169 Å². The van der Waals surface area contributed by atoms with E-state index in [0.717, 1.165) is 17.8 Å². The Bertz CT molecular complexity index is 751. The Kier molecular flexibility index (Phi) is 4.70. The van der Waals surface area contributed by atoms with Crippen LogP contribution in [-0.4, -0.2) is 27.3 Å². The molecule has 3 heteroatoms. The third kappa shape index (κ3) is 3.18. The van der Waals surface area contributed by atoms with Gasteiger partial charge in [-0.3, -0.25) is 0 Å². The van der Waals surface area contributed by atoms with Crippen LogP contribution in [0.4, 0.5) is 0 Å². The quantitative estimate of drug-likeness (QED) is 0.596. The molecule has 0 amide bonds. The van der Waals surface area contributed by atoms with Crippen molar-refractivity contribution >= 4 is 31.8 Å². The summed E-state index contributed by atoms with van der Waals surface area (Å²) in [6.45, 7) is 0.676. The molecule has 0 unspecified atom stereocenters. The number of hydrogen-bond acceptors (Lipinski definition) is 1. The van der Waals surface area contributed by atoms with Crippen LogP contribution in [0.2, 0.25) is 0 Å². The van der Waals surface area contributed by atoms with E-state index in [2.05, 4.69) is 62.7 Å². The molecule has 1 nitrogen and oxygen atoms in total. The molecule has 0 aromatic heterocycles. The average molecular weight is 476 g/mol. The first-order chi connectivity index (χ1) is 12.7. The van der Waals surface area contributed by atoms with Gasteiger partial charge in [0, 0.05) is 0 Å². The molecule has 2 aromatic carbocycles. The van der Waals surface area contributed by atoms with Crippen LogP contribution in [0.1, 0.15) is 49.7 Å². The summed E-state index contributed by atoms with van der Waals surface area (Å²) in [4.78, 5) is 0. The summed E-state index contributed by atoms with van der Waals surface area (Å²) in [5.74, 6) is 4.07. The predicted octanol–water partition coefficient (Wildman–Crippen LogP) is 3.88. The van der Waals surface area contributed by atoms with Crippen molar-refractivity contribution in [3.63, 3.8) is 0 Å². The first kappa shape index (κ1) is 17.4. The van der Waals surface area contributed by atoms with Crippen molar-refractivity contribution in [3.8, 4) is 5.75 Å². The zero-order valence-corrected chi connectivity index (χ0v) is 18.7. The molecule has 4 saturated carbocycles. The molecule has 6 rings (SSSR count). The molecular weight excluding hydrogens is 450 g/mol. The van der Waals surface area contributed by atoms with Gasteiger partial charge in [-0.2, -0.15) is 0 Å². The van der Waals surface area contributed by atoms with Gasteiger partial charge >= 0.3 is 170 Å². The molecule has 0 radical (unpaired) electrons. The van der Waals surface area contributed by atoms with Gasteiger partial charge < -0.3 is 0 Å². The van der Waals surface area contributed by atoms with Crippen molar-refractivity contribution in [2.24, 2.45) is 17.8 Å². The molecule has 4 aliphatic carbocycles. The zero-order chi connectivity index (χ0) is 17.6. The molecular formula is C23H26OSe2. The molecule has 4 fully saturated rings. The van der Waals surface area contributed by atoms with Crippen molar-refractivity contribution < 1.29 is 4.74 Å². The van der Waals surface area contributed by atoms with Gasteiger partial charge in [-0.15, -0.1) is 0 Å². The van der Waals surface area contributed by atoms with Crippen LogP contribution in [0, 0.1) is 17.8 Å². The van der Waals surface area contributed by atoms with Gasteiger partial charge in [0.1, 0.15) is 0 Å². The monoisotopic (exact) mass is 478 g/mol. The van der Waals surface area contributed by atoms with Crippen LogP contribution in [0.25, 0.3) is 0 Å². The number of benzene rings is 2. The number of rotatable bonds is 5. The van der Waals surface area contributed by atoms with E-state index in [1.54, 1.807) is 0 Å². The van der Waals surface area contributed by atoms with Crippen LogP contribution in [-0.2, 0) is 12.0 Å². The molecule has 0 heterocycles. The number of hydrogen-bond donors (Lipinski definition) is 0. The Morgan fingerprint density at radius 3 is 2.19 bits per heavy atom. The summed E-state index contributed by atoms with van der Waals surface area (Å²) >= 11 is 3.22. The van der Waals surface area contributed by atoms with Crippen molar-refractivity contribution in [2.45, 2.75) is 50.5 Å². The predicted molar refractivity (Wildman–Crippen MR) is 110 cm³/mol. The van der Waals surface area contributed by atoms with Crippen molar-refractivity contribution in [1.29, 1.82) is 0 Å². The number of ether oxygens (including phenoxy) is 1. The van der Waals surface area contributed by atoms with Crippen molar-refractivity contribution in [3.05, 3.63) is 59.7 Å². The fraction of sp³-hybridized carbons (Fsp3) is 0.478. The molecule has 0 aliphatic heterocycles. The van der Waals surface area contributed by atoms with Crippen LogP contribution in [0.15, 0.2) is 48.5 Å². The molecule has 136 valence electrons. The van der Waals surface area contributed by atoms with Gasteiger partial charge in [-0.1, -0.05) is 0 Å². The van der Waals surface area contributed by atoms with Gasteiger partial charge in [0.05, 0.1) is 0 Å². The van der Waals surface area contributed by atoms with Gasteiger partial charge in [0.15, 0.2) is 0 Å². The van der Waals surface area contributed by atoms with Crippen LogP contribution < -0.4 is 9.20 Å². The summed E-state index contributed by atoms with van der Waals surface area (Å²) in [5, 5.41) is 0. The summed E-state index contributed by atoms with van der Waals surface area (Å²) in [6, 6.07) is 17.7. The van der Waals surface area contributed by atoms with Gasteiger partial charge in [0.2, 0.25) is 0 Å². The second-order valence-corrected chi connectivity index (χ2v) is 12.1. The first-order valence-corrected chi connectivity index (χ1v) is 15.5. The van der Waals surface area contributed by atoms with Crippen LogP contribution in [0.3, 0.4) is 0 Å². The minimum absolute atomic E-state index is 0.398. The topological polar surface area (TPSA) is 9.23 Å². The maximum atomic E-state index is 6.46. The third-order valence-corrected chi connectivity index (χ3v) is 10.2. The molecule has 0 atom stereocenters. The van der Waals surface area contributed by atoms with E-state index in [-0.39, 0.29) is 0 Å². The van der Waals surface area contributed by atoms with E-state index < -0.39 is 0 Å². The molecule has 0 N–H and O–H groups in total. The summed E-state index contributed by atoms with van der Waals surface area (Å²) in [6.07, 6.45) is 8.67. The SMILES string of the molecule is [SeH][Se]c1ccc(C23CC4CC(CC(C4)C2)C3)c(OCc2ccccc2)c1. The fourth-order valence-corrected chi connectivity index (χ4v) is 8.14. The summed E-state index contributed by atoms with van der Waals surface area (Å²) < 4.78 is 7.88. The normalized spacial score (nSPS) is 32.0.